The SMILES string of the molecule is O=C(N=Nc1c(O)[nH]c2ccc([N+](=O)[O-])cc12)c1cccc(S(=O)(=O)Nc2cccc(C(F)(F)F)c2)c1. The molecule has 0 unspecified atom stereocenters. The third kappa shape index (κ3) is 5.40. The number of azo groups is 1. The number of carbonyl (C=O) groups excluding carboxylic acids is 1. The Bertz CT molecular complexity index is 1680. The number of aromatic amines is 1. The predicted octanol–water partition coefficient (Wildman–Crippen LogP) is 5.53. The number of alkyl halides is 3. The molecule has 4 rings (SSSR count). The van der Waals surface area contributed by atoms with Crippen LogP contribution in [0.4, 0.5) is 30.2 Å². The Morgan fingerprint density at radius 2 is 1.78 bits per heavy atom. The Morgan fingerprint density at radius 3 is 2.49 bits per heavy atom. The molecule has 0 saturated heterocycles. The van der Waals surface area contributed by atoms with Gasteiger partial charge in [-0.15, -0.1) is 10.2 Å². The van der Waals surface area contributed by atoms with Crippen molar-refractivity contribution in [1.82, 2.24) is 4.98 Å². The van der Waals surface area contributed by atoms with E-state index in [1.165, 1.54) is 24.3 Å². The molecule has 0 fully saturated rings. The van der Waals surface area contributed by atoms with Crippen LogP contribution in [-0.2, 0) is 16.2 Å². The number of aromatic hydroxyl groups is 1. The Balaban J connectivity index is 1.60. The van der Waals surface area contributed by atoms with Crippen molar-refractivity contribution in [2.24, 2.45) is 10.2 Å². The molecule has 0 aliphatic rings. The Hall–Kier alpha value is -4.79. The highest BCUT2D eigenvalue weighted by atomic mass is 32.2. The maximum absolute atomic E-state index is 12.9. The van der Waals surface area contributed by atoms with E-state index in [1.54, 1.807) is 0 Å². The molecule has 0 bridgehead atoms. The van der Waals surface area contributed by atoms with E-state index in [4.69, 9.17) is 0 Å². The van der Waals surface area contributed by atoms with Gasteiger partial charge in [0.2, 0.25) is 5.88 Å². The fourth-order valence-corrected chi connectivity index (χ4v) is 4.38. The molecule has 3 N–H and O–H groups in total. The maximum atomic E-state index is 12.9. The van der Waals surface area contributed by atoms with Gasteiger partial charge in [0, 0.05) is 28.8 Å². The number of benzene rings is 3. The lowest BCUT2D eigenvalue weighted by atomic mass is 10.2. The van der Waals surface area contributed by atoms with Crippen LogP contribution in [0.3, 0.4) is 0 Å². The average molecular weight is 533 g/mol. The fourth-order valence-electron chi connectivity index (χ4n) is 3.29. The van der Waals surface area contributed by atoms with Crippen LogP contribution in [0, 0.1) is 10.1 Å². The lowest BCUT2D eigenvalue weighted by molar-refractivity contribution is -0.384. The molecule has 0 spiro atoms. The van der Waals surface area contributed by atoms with Gasteiger partial charge in [0.1, 0.15) is 0 Å². The van der Waals surface area contributed by atoms with Gasteiger partial charge < -0.3 is 10.1 Å². The summed E-state index contributed by atoms with van der Waals surface area (Å²) in [7, 11) is -4.39. The summed E-state index contributed by atoms with van der Waals surface area (Å²) in [4.78, 5) is 25.0. The van der Waals surface area contributed by atoms with E-state index in [-0.39, 0.29) is 28.0 Å². The highest BCUT2D eigenvalue weighted by Crippen LogP contribution is 2.37. The number of fused-ring (bicyclic) bond motifs is 1. The van der Waals surface area contributed by atoms with Crippen molar-refractivity contribution in [3.05, 3.63) is 88.0 Å². The largest absolute Gasteiger partial charge is 0.493 e. The van der Waals surface area contributed by atoms with E-state index in [0.717, 1.165) is 36.4 Å². The van der Waals surface area contributed by atoms with E-state index in [2.05, 4.69) is 15.2 Å². The first-order valence-corrected chi connectivity index (χ1v) is 11.6. The number of nitro benzene ring substituents is 1. The number of hydrogen-bond acceptors (Lipinski definition) is 7. The second-order valence-corrected chi connectivity index (χ2v) is 9.21. The number of carbonyl (C=O) groups is 1. The minimum absolute atomic E-state index is 0.116. The van der Waals surface area contributed by atoms with Crippen LogP contribution in [0.5, 0.6) is 5.88 Å². The first kappa shape index (κ1) is 25.3. The van der Waals surface area contributed by atoms with Gasteiger partial charge in [0.05, 0.1) is 20.9 Å². The number of aromatic nitrogens is 1. The van der Waals surface area contributed by atoms with Crippen molar-refractivity contribution in [1.29, 1.82) is 0 Å². The van der Waals surface area contributed by atoms with Crippen LogP contribution in [0.15, 0.2) is 81.9 Å². The zero-order chi connectivity index (χ0) is 27.0. The molecule has 11 nitrogen and oxygen atoms in total. The number of nitrogens with one attached hydrogen (secondary N) is 2. The summed E-state index contributed by atoms with van der Waals surface area (Å²) in [5.41, 5.74) is -1.88. The summed E-state index contributed by atoms with van der Waals surface area (Å²) in [6.45, 7) is 0. The van der Waals surface area contributed by atoms with Gasteiger partial charge in [-0.3, -0.25) is 19.6 Å². The molecule has 0 saturated carbocycles. The monoisotopic (exact) mass is 533 g/mol. The number of amides is 1. The maximum Gasteiger partial charge on any atom is 0.416 e. The number of anilines is 1. The molecule has 190 valence electrons. The summed E-state index contributed by atoms with van der Waals surface area (Å²) in [5.74, 6) is -1.52. The summed E-state index contributed by atoms with van der Waals surface area (Å²) in [6.07, 6.45) is -4.68. The van der Waals surface area contributed by atoms with Crippen molar-refractivity contribution in [2.75, 3.05) is 4.72 Å². The molecular weight excluding hydrogens is 519 g/mol. The van der Waals surface area contributed by atoms with Gasteiger partial charge in [0.15, 0.2) is 5.69 Å². The minimum atomic E-state index is -4.68. The van der Waals surface area contributed by atoms with Gasteiger partial charge in [-0.2, -0.15) is 13.2 Å². The van der Waals surface area contributed by atoms with E-state index < -0.39 is 43.4 Å². The molecule has 3 aromatic carbocycles. The molecule has 0 radical (unpaired) electrons. The second-order valence-electron chi connectivity index (χ2n) is 7.53. The van der Waals surface area contributed by atoms with Gasteiger partial charge in [-0.05, 0) is 42.5 Å². The van der Waals surface area contributed by atoms with Gasteiger partial charge in [-0.1, -0.05) is 12.1 Å². The van der Waals surface area contributed by atoms with Gasteiger partial charge >= 0.3 is 6.18 Å². The molecule has 0 atom stereocenters. The van der Waals surface area contributed by atoms with Crippen molar-refractivity contribution in [3.8, 4) is 5.88 Å². The van der Waals surface area contributed by atoms with Crippen molar-refractivity contribution in [2.45, 2.75) is 11.1 Å². The molecule has 4 aromatic rings. The standard InChI is InChI=1S/C22H14F3N5O6S/c23-22(24,25)13-4-2-5-14(10-13)29-37(35,36)16-6-1-3-12(9-16)20(31)28-27-19-17-11-15(30(33)34)7-8-18(17)26-21(19)32/h1-11,26,29,32H. The normalized spacial score (nSPS) is 12.2. The minimum Gasteiger partial charge on any atom is -0.493 e. The van der Waals surface area contributed by atoms with Crippen molar-refractivity contribution < 1.29 is 36.4 Å². The van der Waals surface area contributed by atoms with Gasteiger partial charge in [0.25, 0.3) is 21.6 Å². The molecule has 37 heavy (non-hydrogen) atoms. The number of non-ortho nitro benzene ring substituents is 1. The summed E-state index contributed by atoms with van der Waals surface area (Å²) in [5, 5.41) is 28.3. The highest BCUT2D eigenvalue weighted by molar-refractivity contribution is 7.92. The number of sulfonamides is 1. The zero-order valence-electron chi connectivity index (χ0n) is 18.2. The average Bonchev–Trinajstić information content (AvgIpc) is 3.16. The van der Waals surface area contributed by atoms with E-state index in [0.29, 0.717) is 11.6 Å². The number of nitro groups is 1. The van der Waals surface area contributed by atoms with Crippen LogP contribution in [-0.4, -0.2) is 29.3 Å². The van der Waals surface area contributed by atoms with Crippen LogP contribution in [0.1, 0.15) is 15.9 Å². The van der Waals surface area contributed by atoms with Crippen LogP contribution in [0.25, 0.3) is 10.9 Å². The predicted molar refractivity (Wildman–Crippen MR) is 124 cm³/mol. The van der Waals surface area contributed by atoms with E-state index in [9.17, 15) is 41.6 Å². The number of rotatable bonds is 6. The lowest BCUT2D eigenvalue weighted by Gasteiger charge is -2.11. The number of hydrogen-bond donors (Lipinski definition) is 3. The Morgan fingerprint density at radius 1 is 1.05 bits per heavy atom. The molecule has 1 amide bonds. The molecule has 1 heterocycles. The fraction of sp³-hybridized carbons (Fsp3) is 0.0455. The highest BCUT2D eigenvalue weighted by Gasteiger charge is 2.30. The van der Waals surface area contributed by atoms with Crippen LogP contribution >= 0.6 is 0 Å². The molecular formula is C22H14F3N5O6S. The number of halogens is 3. The smallest absolute Gasteiger partial charge is 0.416 e. The van der Waals surface area contributed by atoms with Crippen molar-refractivity contribution >= 4 is 43.9 Å². The van der Waals surface area contributed by atoms with E-state index in [1.807, 2.05) is 4.72 Å². The topological polar surface area (TPSA) is 167 Å². The zero-order valence-corrected chi connectivity index (χ0v) is 19.0. The van der Waals surface area contributed by atoms with Crippen LogP contribution in [0.2, 0.25) is 0 Å². The third-order valence-corrected chi connectivity index (χ3v) is 6.40. The van der Waals surface area contributed by atoms with Crippen LogP contribution < -0.4 is 4.72 Å². The first-order valence-electron chi connectivity index (χ1n) is 10.1. The van der Waals surface area contributed by atoms with Gasteiger partial charge in [-0.25, -0.2) is 8.42 Å². The first-order chi connectivity index (χ1) is 17.3. The molecule has 0 aliphatic heterocycles. The summed E-state index contributed by atoms with van der Waals surface area (Å²) in [6, 6.07) is 11.7. The molecule has 0 aliphatic carbocycles. The Kier molecular flexibility index (Phi) is 6.39. The number of nitrogens with zero attached hydrogens (tertiary/aromatic N) is 3. The molecule has 15 heteroatoms. The third-order valence-electron chi connectivity index (χ3n) is 5.02. The molecule has 1 aromatic heterocycles. The van der Waals surface area contributed by atoms with E-state index >= 15 is 0 Å². The second kappa shape index (κ2) is 9.34. The van der Waals surface area contributed by atoms with Crippen molar-refractivity contribution in [3.63, 3.8) is 0 Å². The lowest BCUT2D eigenvalue weighted by Crippen LogP contribution is -2.14. The summed E-state index contributed by atoms with van der Waals surface area (Å²) >= 11 is 0. The quantitative estimate of drug-likeness (QED) is 0.167. The number of H-pyrrole nitrogens is 1. The Labute approximate surface area is 205 Å². The summed E-state index contributed by atoms with van der Waals surface area (Å²) < 4.78 is 66.2.